The number of anilines is 1. The second-order valence-corrected chi connectivity index (χ2v) is 7.37. The number of aromatic amines is 1. The molecular formula is C22H18N4O2S. The first kappa shape index (κ1) is 18.8. The summed E-state index contributed by atoms with van der Waals surface area (Å²) in [5.41, 5.74) is 9.53. The lowest BCUT2D eigenvalue weighted by atomic mass is 10.1. The van der Waals surface area contributed by atoms with Gasteiger partial charge in [-0.15, -0.1) is 0 Å². The van der Waals surface area contributed by atoms with E-state index in [4.69, 9.17) is 5.73 Å². The van der Waals surface area contributed by atoms with Gasteiger partial charge in [-0.25, -0.2) is 4.98 Å². The second kappa shape index (κ2) is 8.20. The number of hydrogen-bond donors (Lipinski definition) is 3. The lowest BCUT2D eigenvalue weighted by Crippen LogP contribution is -2.15. The first-order chi connectivity index (χ1) is 14.1. The Balaban J connectivity index is 1.50. The minimum absolute atomic E-state index is 0.243. The topological polar surface area (TPSA) is 101 Å². The zero-order chi connectivity index (χ0) is 20.2. The van der Waals surface area contributed by atoms with Gasteiger partial charge in [0.2, 0.25) is 5.91 Å². The molecule has 1 aromatic heterocycles. The highest BCUT2D eigenvalue weighted by Gasteiger charge is 2.13. The van der Waals surface area contributed by atoms with Gasteiger partial charge in [0.1, 0.15) is 0 Å². The molecular weight excluding hydrogens is 384 g/mol. The summed E-state index contributed by atoms with van der Waals surface area (Å²) >= 11 is 1.54. The molecule has 0 aliphatic rings. The molecule has 0 saturated heterocycles. The zero-order valence-electron chi connectivity index (χ0n) is 15.4. The summed E-state index contributed by atoms with van der Waals surface area (Å²) in [6.45, 7) is 0. The van der Waals surface area contributed by atoms with Crippen molar-refractivity contribution in [1.82, 2.24) is 9.97 Å². The molecule has 0 aliphatic carbocycles. The Labute approximate surface area is 171 Å². The maximum absolute atomic E-state index is 12.8. The lowest BCUT2D eigenvalue weighted by molar-refractivity contribution is 0.0996. The number of amides is 2. The molecule has 4 aromatic rings. The molecule has 4 rings (SSSR count). The van der Waals surface area contributed by atoms with Crippen LogP contribution in [0, 0.1) is 0 Å². The molecule has 6 nitrogen and oxygen atoms in total. The van der Waals surface area contributed by atoms with E-state index >= 15 is 0 Å². The van der Waals surface area contributed by atoms with E-state index in [0.717, 1.165) is 21.8 Å². The second-order valence-electron chi connectivity index (χ2n) is 6.40. The average Bonchev–Trinajstić information content (AvgIpc) is 3.15. The van der Waals surface area contributed by atoms with Crippen molar-refractivity contribution in [2.45, 2.75) is 10.9 Å². The van der Waals surface area contributed by atoms with Crippen molar-refractivity contribution in [3.8, 4) is 0 Å². The van der Waals surface area contributed by atoms with E-state index in [1.54, 1.807) is 30.3 Å². The number of nitrogens with two attached hydrogens (primary N) is 1. The van der Waals surface area contributed by atoms with Gasteiger partial charge in [0, 0.05) is 22.6 Å². The monoisotopic (exact) mass is 402 g/mol. The minimum atomic E-state index is -0.538. The highest BCUT2D eigenvalue weighted by atomic mass is 32.2. The van der Waals surface area contributed by atoms with E-state index in [0.29, 0.717) is 22.6 Å². The van der Waals surface area contributed by atoms with Gasteiger partial charge in [-0.1, -0.05) is 48.2 Å². The maximum atomic E-state index is 12.8. The number of aromatic nitrogens is 2. The molecule has 7 heteroatoms. The van der Waals surface area contributed by atoms with Crippen molar-refractivity contribution >= 4 is 40.3 Å². The molecule has 1 heterocycles. The van der Waals surface area contributed by atoms with Gasteiger partial charge < -0.3 is 16.0 Å². The van der Waals surface area contributed by atoms with Gasteiger partial charge in [0.15, 0.2) is 5.16 Å². The summed E-state index contributed by atoms with van der Waals surface area (Å²) in [7, 11) is 0. The van der Waals surface area contributed by atoms with E-state index in [2.05, 4.69) is 15.3 Å². The van der Waals surface area contributed by atoms with E-state index in [1.165, 1.54) is 11.8 Å². The van der Waals surface area contributed by atoms with Crippen molar-refractivity contribution in [3.05, 3.63) is 89.5 Å². The summed E-state index contributed by atoms with van der Waals surface area (Å²) in [5.74, 6) is -0.193. The summed E-state index contributed by atoms with van der Waals surface area (Å²) < 4.78 is 0. The normalized spacial score (nSPS) is 10.8. The van der Waals surface area contributed by atoms with Gasteiger partial charge in [0.25, 0.3) is 5.91 Å². The molecule has 0 saturated carbocycles. The van der Waals surface area contributed by atoms with Gasteiger partial charge in [-0.2, -0.15) is 0 Å². The Morgan fingerprint density at radius 2 is 1.79 bits per heavy atom. The van der Waals surface area contributed by atoms with Crippen LogP contribution in [-0.4, -0.2) is 21.8 Å². The zero-order valence-corrected chi connectivity index (χ0v) is 16.2. The summed E-state index contributed by atoms with van der Waals surface area (Å²) in [4.78, 5) is 32.0. The Morgan fingerprint density at radius 3 is 2.62 bits per heavy atom. The third-order valence-electron chi connectivity index (χ3n) is 4.40. The SMILES string of the molecule is NC(=O)c1cccc(NC(=O)c2ccccc2CSc2nc3ccccc3[nH]2)c1. The van der Waals surface area contributed by atoms with E-state index in [1.807, 2.05) is 42.5 Å². The van der Waals surface area contributed by atoms with Crippen molar-refractivity contribution < 1.29 is 9.59 Å². The van der Waals surface area contributed by atoms with Crippen molar-refractivity contribution in [3.63, 3.8) is 0 Å². The fourth-order valence-corrected chi connectivity index (χ4v) is 3.85. The molecule has 3 aromatic carbocycles. The number of carbonyl (C=O) groups excluding carboxylic acids is 2. The first-order valence-corrected chi connectivity index (χ1v) is 9.95. The largest absolute Gasteiger partial charge is 0.366 e. The molecule has 4 N–H and O–H groups in total. The Kier molecular flexibility index (Phi) is 5.31. The van der Waals surface area contributed by atoms with Gasteiger partial charge in [-0.3, -0.25) is 9.59 Å². The predicted octanol–water partition coefficient (Wildman–Crippen LogP) is 4.21. The van der Waals surface area contributed by atoms with Crippen molar-refractivity contribution in [2.24, 2.45) is 5.73 Å². The molecule has 0 radical (unpaired) electrons. The summed E-state index contributed by atoms with van der Waals surface area (Å²) in [6.07, 6.45) is 0. The summed E-state index contributed by atoms with van der Waals surface area (Å²) in [5, 5.41) is 3.64. The smallest absolute Gasteiger partial charge is 0.255 e. The number of fused-ring (bicyclic) bond motifs is 1. The van der Waals surface area contributed by atoms with E-state index < -0.39 is 5.91 Å². The first-order valence-electron chi connectivity index (χ1n) is 8.97. The highest BCUT2D eigenvalue weighted by molar-refractivity contribution is 7.98. The van der Waals surface area contributed by atoms with Crippen LogP contribution in [0.2, 0.25) is 0 Å². The molecule has 144 valence electrons. The van der Waals surface area contributed by atoms with E-state index in [-0.39, 0.29) is 5.91 Å². The van der Waals surface area contributed by atoms with Crippen molar-refractivity contribution in [2.75, 3.05) is 5.32 Å². The fraction of sp³-hybridized carbons (Fsp3) is 0.0455. The van der Waals surface area contributed by atoms with Gasteiger partial charge in [-0.05, 0) is 42.0 Å². The van der Waals surface area contributed by atoms with Crippen molar-refractivity contribution in [1.29, 1.82) is 0 Å². The number of benzene rings is 3. The molecule has 0 atom stereocenters. The van der Waals surface area contributed by atoms with Gasteiger partial charge in [0.05, 0.1) is 11.0 Å². The standard InChI is InChI=1S/C22H18N4O2S/c23-20(27)14-7-5-8-16(12-14)24-21(28)17-9-2-1-6-15(17)13-29-22-25-18-10-3-4-11-19(18)26-22/h1-12H,13H2,(H2,23,27)(H,24,28)(H,25,26). The third kappa shape index (κ3) is 4.30. The summed E-state index contributed by atoms with van der Waals surface area (Å²) in [6, 6.07) is 21.8. The number of carbonyl (C=O) groups is 2. The quantitative estimate of drug-likeness (QED) is 0.421. The highest BCUT2D eigenvalue weighted by Crippen LogP contribution is 2.25. The average molecular weight is 402 g/mol. The van der Waals surface area contributed by atoms with E-state index in [9.17, 15) is 9.59 Å². The predicted molar refractivity (Wildman–Crippen MR) is 115 cm³/mol. The number of hydrogen-bond acceptors (Lipinski definition) is 4. The number of thioether (sulfide) groups is 1. The fourth-order valence-electron chi connectivity index (χ4n) is 2.96. The third-order valence-corrected chi connectivity index (χ3v) is 5.32. The number of nitrogens with one attached hydrogen (secondary N) is 2. The van der Waals surface area contributed by atoms with Crippen LogP contribution in [0.3, 0.4) is 0 Å². The van der Waals surface area contributed by atoms with Crippen LogP contribution in [0.25, 0.3) is 11.0 Å². The van der Waals surface area contributed by atoms with Crippen LogP contribution < -0.4 is 11.1 Å². The number of imidazole rings is 1. The maximum Gasteiger partial charge on any atom is 0.255 e. The molecule has 29 heavy (non-hydrogen) atoms. The Morgan fingerprint density at radius 1 is 1.00 bits per heavy atom. The number of nitrogens with zero attached hydrogens (tertiary/aromatic N) is 1. The molecule has 0 unspecified atom stereocenters. The van der Waals surface area contributed by atoms with Crippen LogP contribution in [0.5, 0.6) is 0 Å². The number of para-hydroxylation sites is 2. The van der Waals surface area contributed by atoms with Gasteiger partial charge >= 0.3 is 0 Å². The molecule has 0 bridgehead atoms. The number of H-pyrrole nitrogens is 1. The molecule has 0 fully saturated rings. The molecule has 0 aliphatic heterocycles. The van der Waals surface area contributed by atoms with Crippen LogP contribution in [0.4, 0.5) is 5.69 Å². The van der Waals surface area contributed by atoms with Crippen LogP contribution in [0.15, 0.2) is 78.0 Å². The molecule has 2 amide bonds. The van der Waals surface area contributed by atoms with Crippen LogP contribution in [0.1, 0.15) is 26.3 Å². The molecule has 0 spiro atoms. The lowest BCUT2D eigenvalue weighted by Gasteiger charge is -2.10. The van der Waals surface area contributed by atoms with Crippen LogP contribution in [-0.2, 0) is 5.75 Å². The Bertz CT molecular complexity index is 1170. The Hall–Kier alpha value is -3.58. The minimum Gasteiger partial charge on any atom is -0.366 e. The number of rotatable bonds is 6. The number of primary amides is 1. The van der Waals surface area contributed by atoms with Crippen LogP contribution >= 0.6 is 11.8 Å².